The van der Waals surface area contributed by atoms with Crippen molar-refractivity contribution in [3.05, 3.63) is 160 Å². The van der Waals surface area contributed by atoms with Crippen molar-refractivity contribution in [2.75, 3.05) is 31.1 Å². The zero-order valence-electron chi connectivity index (χ0n) is 41.5. The third kappa shape index (κ3) is 13.9. The molecule has 0 aliphatic carbocycles. The molecule has 74 heavy (non-hydrogen) atoms. The lowest BCUT2D eigenvalue weighted by molar-refractivity contribution is -0.644. The molecule has 6 aromatic rings. The number of fused-ring (bicyclic) bond motifs is 3. The minimum Gasteiger partial charge on any atom is -0.481 e. The van der Waals surface area contributed by atoms with Crippen LogP contribution in [0.25, 0.3) is 32.8 Å². The summed E-state index contributed by atoms with van der Waals surface area (Å²) < 4.78 is 3.10. The number of carbonyl (C=O) groups excluding carboxylic acids is 4. The van der Waals surface area contributed by atoms with Crippen LogP contribution in [0.3, 0.4) is 0 Å². The molecule has 0 saturated heterocycles. The lowest BCUT2D eigenvalue weighted by Gasteiger charge is -2.27. The monoisotopic (exact) mass is 1020 g/mol. The minimum absolute atomic E-state index is 0.0675. The van der Waals surface area contributed by atoms with Crippen LogP contribution in [0.5, 0.6) is 0 Å². The highest BCUT2D eigenvalue weighted by Gasteiger charge is 2.27. The van der Waals surface area contributed by atoms with Gasteiger partial charge in [-0.15, -0.1) is 16.9 Å². The highest BCUT2D eigenvalue weighted by molar-refractivity contribution is 7.18. The highest BCUT2D eigenvalue weighted by Crippen LogP contribution is 2.35. The molecule has 2 aliphatic heterocycles. The average molecular weight is 1020 g/mol. The predicted octanol–water partition coefficient (Wildman–Crippen LogP) is 6.76. The first-order chi connectivity index (χ1) is 35.8. The molecule has 2 amide bonds. The minimum atomic E-state index is -1.54. The number of ketones is 2. The number of rotatable bonds is 25. The molecule has 382 valence electrons. The van der Waals surface area contributed by atoms with Crippen LogP contribution in [0.4, 0.5) is 5.69 Å². The Morgan fingerprint density at radius 1 is 0.811 bits per heavy atom. The van der Waals surface area contributed by atoms with Gasteiger partial charge >= 0.3 is 11.9 Å². The summed E-state index contributed by atoms with van der Waals surface area (Å²) in [4.78, 5) is 82.9. The molecule has 0 radical (unpaired) electrons. The van der Waals surface area contributed by atoms with Crippen molar-refractivity contribution in [1.29, 1.82) is 0 Å². The Balaban J connectivity index is 0.788. The van der Waals surface area contributed by atoms with E-state index in [-0.39, 0.29) is 62.0 Å². The highest BCUT2D eigenvalue weighted by atomic mass is 32.1. The second-order valence-corrected chi connectivity index (χ2v) is 20.0. The van der Waals surface area contributed by atoms with E-state index in [0.29, 0.717) is 50.9 Å². The molecule has 2 aromatic heterocycles. The normalized spacial score (nSPS) is 14.0. The number of aliphatic carboxylic acids is 2. The molecule has 0 bridgehead atoms. The number of nitrogens with one attached hydrogen (secondary N) is 4. The fourth-order valence-electron chi connectivity index (χ4n) is 9.30. The van der Waals surface area contributed by atoms with E-state index in [9.17, 15) is 39.0 Å². The number of pyridine rings is 1. The molecule has 8 rings (SSSR count). The van der Waals surface area contributed by atoms with Crippen LogP contribution in [0, 0.1) is 18.8 Å². The van der Waals surface area contributed by atoms with E-state index in [1.54, 1.807) is 35.6 Å². The van der Waals surface area contributed by atoms with Crippen LogP contribution < -0.4 is 31.1 Å². The second kappa shape index (κ2) is 24.6. The number of Topliss-reactive ketones (excluding diaryl/α,β-unsaturated/α-hetero) is 2. The van der Waals surface area contributed by atoms with Crippen LogP contribution in [0.1, 0.15) is 71.3 Å². The molecule has 0 spiro atoms. The number of carboxylic acid groups (broad SMARTS) is 2. The molecule has 16 nitrogen and oxygen atoms in total. The van der Waals surface area contributed by atoms with E-state index >= 15 is 0 Å². The van der Waals surface area contributed by atoms with Gasteiger partial charge in [0.2, 0.25) is 17.3 Å². The van der Waals surface area contributed by atoms with Crippen LogP contribution in [-0.4, -0.2) is 81.7 Å². The molecular weight excluding hydrogens is 957 g/mol. The summed E-state index contributed by atoms with van der Waals surface area (Å²) in [6.07, 6.45) is 12.1. The standard InChI is InChI=1S/C57H60N8O8S/c1-37-60-50-19-18-40(32-53(50)74-37)30-46(67)35-43(34-45(66)9-7-8-38-14-16-39(17-15-38)31-49(56(70)71)57(72)73)55(69)59-24-20-44-36-65(62-61-44)29-25-58-54(68)23-28-64-27-22-42(48-11-4-6-13-52(48)64)33-41-21-26-63(2)51-12-5-3-10-47(41)51/h3-6,10-19,21-22,26-27,32-33,36,43,49,61-62H,7-9,20,23-25,28-31,34-35H2,1-2H3,(H3-,58,59,68,69,70,71,72,73)/p+1. The summed E-state index contributed by atoms with van der Waals surface area (Å²) in [5, 5.41) is 28.3. The molecule has 17 heteroatoms. The van der Waals surface area contributed by atoms with E-state index in [0.717, 1.165) is 60.0 Å². The molecule has 0 saturated carbocycles. The average Bonchev–Trinajstić information content (AvgIpc) is 4.00. The Labute approximate surface area is 433 Å². The third-order valence-corrected chi connectivity index (χ3v) is 14.2. The summed E-state index contributed by atoms with van der Waals surface area (Å²) in [5.74, 6) is -5.93. The zero-order valence-corrected chi connectivity index (χ0v) is 42.3. The number of carboxylic acids is 2. The Morgan fingerprint density at radius 3 is 2.36 bits per heavy atom. The van der Waals surface area contributed by atoms with Crippen molar-refractivity contribution in [2.24, 2.45) is 18.9 Å². The lowest BCUT2D eigenvalue weighted by Crippen LogP contribution is -2.41. The predicted molar refractivity (Wildman–Crippen MR) is 285 cm³/mol. The Morgan fingerprint density at radius 2 is 1.55 bits per heavy atom. The van der Waals surface area contributed by atoms with Crippen molar-refractivity contribution in [3.8, 4) is 0 Å². The van der Waals surface area contributed by atoms with Gasteiger partial charge in [-0.1, -0.05) is 60.7 Å². The van der Waals surface area contributed by atoms with Crippen molar-refractivity contribution >= 4 is 85.1 Å². The topological polar surface area (TPSA) is 214 Å². The summed E-state index contributed by atoms with van der Waals surface area (Å²) in [6.45, 7) is 3.58. The number of amides is 2. The van der Waals surface area contributed by atoms with Gasteiger partial charge in [0.1, 0.15) is 18.6 Å². The number of hydrazine groups is 2. The molecule has 6 N–H and O–H groups in total. The van der Waals surface area contributed by atoms with Crippen molar-refractivity contribution in [1.82, 2.24) is 31.6 Å². The fraction of sp³-hybridized carbons (Fsp3) is 0.298. The largest absolute Gasteiger partial charge is 0.481 e. The first kappa shape index (κ1) is 52.3. The molecule has 0 fully saturated rings. The number of aryl methyl sites for hydroxylation is 3. The summed E-state index contributed by atoms with van der Waals surface area (Å²) >= 11 is 1.55. The van der Waals surface area contributed by atoms with Gasteiger partial charge in [-0.25, -0.2) is 9.55 Å². The quantitative estimate of drug-likeness (QED) is 0.0259. The number of carbonyl (C=O) groups is 6. The molecule has 4 aromatic carbocycles. The summed E-state index contributed by atoms with van der Waals surface area (Å²) in [7, 11) is 2.05. The van der Waals surface area contributed by atoms with Gasteiger partial charge in [0.05, 0.1) is 33.1 Å². The molecule has 4 heterocycles. The second-order valence-electron chi connectivity index (χ2n) is 18.7. The van der Waals surface area contributed by atoms with E-state index < -0.39 is 23.8 Å². The molecule has 1 unspecified atom stereocenters. The van der Waals surface area contributed by atoms with Gasteiger partial charge in [0, 0.05) is 99.6 Å². The number of nitrogens with zero attached hydrogens (tertiary/aromatic N) is 4. The maximum Gasteiger partial charge on any atom is 0.318 e. The van der Waals surface area contributed by atoms with Crippen LogP contribution in [-0.2, 0) is 55.1 Å². The number of thiazole rings is 1. The number of allylic oxidation sites excluding steroid dienone is 2. The molecule has 2 aliphatic rings. The number of benzene rings is 4. The van der Waals surface area contributed by atoms with Gasteiger partial charge in [0.15, 0.2) is 12.1 Å². The molecule has 1 atom stereocenters. The van der Waals surface area contributed by atoms with E-state index in [2.05, 4.69) is 90.8 Å². The van der Waals surface area contributed by atoms with Gasteiger partial charge < -0.3 is 31.2 Å². The van der Waals surface area contributed by atoms with Gasteiger partial charge in [0.25, 0.3) is 0 Å². The number of hydrogen-bond acceptors (Lipinski definition) is 12. The van der Waals surface area contributed by atoms with Crippen LogP contribution in [0.2, 0.25) is 0 Å². The smallest absolute Gasteiger partial charge is 0.318 e. The van der Waals surface area contributed by atoms with Crippen molar-refractivity contribution in [3.63, 3.8) is 0 Å². The van der Waals surface area contributed by atoms with Crippen molar-refractivity contribution in [2.45, 2.75) is 64.7 Å². The number of hydrogen-bond donors (Lipinski definition) is 6. The van der Waals surface area contributed by atoms with Crippen LogP contribution >= 0.6 is 11.3 Å². The Bertz CT molecular complexity index is 3150. The van der Waals surface area contributed by atoms with E-state index in [1.165, 1.54) is 5.39 Å². The first-order valence-corrected chi connectivity index (χ1v) is 25.7. The summed E-state index contributed by atoms with van der Waals surface area (Å²) in [6, 6.07) is 31.4. The zero-order chi connectivity index (χ0) is 52.1. The number of anilines is 1. The maximum absolute atomic E-state index is 13.7. The lowest BCUT2D eigenvalue weighted by atomic mass is 9.91. The maximum atomic E-state index is 13.7. The van der Waals surface area contributed by atoms with Crippen LogP contribution in [0.15, 0.2) is 127 Å². The van der Waals surface area contributed by atoms with E-state index in [1.807, 2.05) is 67.8 Å². The van der Waals surface area contributed by atoms with E-state index in [4.69, 9.17) is 0 Å². The Hall–Kier alpha value is -8.02. The van der Waals surface area contributed by atoms with Crippen molar-refractivity contribution < 1.29 is 43.5 Å². The van der Waals surface area contributed by atoms with Gasteiger partial charge in [-0.05, 0) is 90.4 Å². The number of para-hydroxylation sites is 2. The van der Waals surface area contributed by atoms with Gasteiger partial charge in [-0.3, -0.25) is 33.8 Å². The Kier molecular flexibility index (Phi) is 17.4. The first-order valence-electron chi connectivity index (χ1n) is 24.9. The number of aromatic nitrogens is 2. The SMILES string of the molecule is Cc1nc2ccc(CC(=O)CC(CC(=O)CCCc3ccc(CC(C(=O)O)C(=O)O)cc3)C(=O)NCCC3=CN(CCNC(=O)CCN4C=CC(=Cc5cc[n+](C)c6ccccc56)c5ccccc54)NN3)cc2s1. The van der Waals surface area contributed by atoms with Gasteiger partial charge in [-0.2, -0.15) is 0 Å². The third-order valence-electron chi connectivity index (χ3n) is 13.2. The fourth-order valence-corrected chi connectivity index (χ4v) is 10.2. The molecular formula is C57H61N8O8S+. The summed E-state index contributed by atoms with van der Waals surface area (Å²) in [5.41, 5.74) is 15.7.